The van der Waals surface area contributed by atoms with E-state index in [-0.39, 0.29) is 30.7 Å². The van der Waals surface area contributed by atoms with E-state index in [9.17, 15) is 14.4 Å². The Morgan fingerprint density at radius 2 is 2.11 bits per heavy atom. The van der Waals surface area contributed by atoms with Crippen molar-refractivity contribution >= 4 is 33.4 Å². The molecule has 0 fully saturated rings. The largest absolute Gasteiger partial charge is 0.462 e. The van der Waals surface area contributed by atoms with Crippen molar-refractivity contribution in [3.05, 3.63) is 27.1 Å². The molecule has 0 saturated carbocycles. The van der Waals surface area contributed by atoms with Gasteiger partial charge in [0.05, 0.1) is 24.4 Å². The number of aromatic nitrogens is 2. The standard InChI is InChI=1S/C18H25N3O5S/c1-5-25-18(24)15-12(4)14-16(27-15)20-10-21(17(14)23)9-13(22)19-7-6-8-26-11(2)3/h10-11H,5-9H2,1-4H3,(H,19,22). The van der Waals surface area contributed by atoms with Gasteiger partial charge in [0.25, 0.3) is 5.56 Å². The van der Waals surface area contributed by atoms with Crippen LogP contribution >= 0.6 is 11.3 Å². The number of rotatable bonds is 9. The van der Waals surface area contributed by atoms with Crippen LogP contribution in [-0.2, 0) is 20.8 Å². The second kappa shape index (κ2) is 9.61. The average molecular weight is 395 g/mol. The summed E-state index contributed by atoms with van der Waals surface area (Å²) in [5.74, 6) is -0.744. The smallest absolute Gasteiger partial charge is 0.348 e. The van der Waals surface area contributed by atoms with Gasteiger partial charge in [-0.1, -0.05) is 0 Å². The van der Waals surface area contributed by atoms with Crippen LogP contribution < -0.4 is 10.9 Å². The molecule has 1 amide bonds. The number of carbonyl (C=O) groups is 2. The third kappa shape index (κ3) is 5.36. The van der Waals surface area contributed by atoms with Crippen LogP contribution in [0.15, 0.2) is 11.1 Å². The van der Waals surface area contributed by atoms with Crippen LogP contribution in [0, 0.1) is 6.92 Å². The van der Waals surface area contributed by atoms with Crippen molar-refractivity contribution in [2.45, 2.75) is 46.8 Å². The highest BCUT2D eigenvalue weighted by atomic mass is 32.1. The molecule has 0 aliphatic heterocycles. The Morgan fingerprint density at radius 1 is 1.37 bits per heavy atom. The topological polar surface area (TPSA) is 99.5 Å². The highest BCUT2D eigenvalue weighted by molar-refractivity contribution is 7.20. The van der Waals surface area contributed by atoms with Gasteiger partial charge in [0.15, 0.2) is 0 Å². The molecule has 0 bridgehead atoms. The van der Waals surface area contributed by atoms with E-state index in [0.29, 0.717) is 40.2 Å². The predicted octanol–water partition coefficient (Wildman–Crippen LogP) is 1.87. The maximum atomic E-state index is 12.7. The third-order valence-electron chi connectivity index (χ3n) is 3.79. The van der Waals surface area contributed by atoms with E-state index in [0.717, 1.165) is 11.3 Å². The van der Waals surface area contributed by atoms with Crippen molar-refractivity contribution in [1.29, 1.82) is 0 Å². The fraction of sp³-hybridized carbons (Fsp3) is 0.556. The molecular formula is C18H25N3O5S. The molecule has 0 radical (unpaired) electrons. The lowest BCUT2D eigenvalue weighted by molar-refractivity contribution is -0.121. The molecular weight excluding hydrogens is 370 g/mol. The minimum atomic E-state index is -0.467. The van der Waals surface area contributed by atoms with Gasteiger partial charge in [0.2, 0.25) is 5.91 Å². The normalized spacial score (nSPS) is 11.1. The quantitative estimate of drug-likeness (QED) is 0.514. The van der Waals surface area contributed by atoms with Crippen LogP contribution in [0.2, 0.25) is 0 Å². The van der Waals surface area contributed by atoms with Gasteiger partial charge in [-0.25, -0.2) is 9.78 Å². The van der Waals surface area contributed by atoms with E-state index in [1.165, 1.54) is 10.9 Å². The zero-order valence-electron chi connectivity index (χ0n) is 16.0. The lowest BCUT2D eigenvalue weighted by Crippen LogP contribution is -2.33. The zero-order chi connectivity index (χ0) is 20.0. The summed E-state index contributed by atoms with van der Waals surface area (Å²) in [5.41, 5.74) is 0.189. The van der Waals surface area contributed by atoms with E-state index in [2.05, 4.69) is 10.3 Å². The van der Waals surface area contributed by atoms with Gasteiger partial charge < -0.3 is 14.8 Å². The number of hydrogen-bond acceptors (Lipinski definition) is 7. The predicted molar refractivity (Wildman–Crippen MR) is 103 cm³/mol. The lowest BCUT2D eigenvalue weighted by atomic mass is 10.2. The van der Waals surface area contributed by atoms with Crippen molar-refractivity contribution in [3.63, 3.8) is 0 Å². The van der Waals surface area contributed by atoms with E-state index >= 15 is 0 Å². The molecule has 2 aromatic heterocycles. The minimum Gasteiger partial charge on any atom is -0.462 e. The summed E-state index contributed by atoms with van der Waals surface area (Å²) in [6.45, 7) is 8.48. The van der Waals surface area contributed by atoms with Crippen molar-refractivity contribution in [3.8, 4) is 0 Å². The summed E-state index contributed by atoms with van der Waals surface area (Å²) < 4.78 is 11.7. The van der Waals surface area contributed by atoms with Gasteiger partial charge in [-0.15, -0.1) is 11.3 Å². The molecule has 0 aliphatic rings. The first-order chi connectivity index (χ1) is 12.8. The van der Waals surface area contributed by atoms with Crippen LogP contribution in [0.25, 0.3) is 10.2 Å². The van der Waals surface area contributed by atoms with Crippen LogP contribution in [0.1, 0.15) is 42.4 Å². The summed E-state index contributed by atoms with van der Waals surface area (Å²) in [6, 6.07) is 0. The Kier molecular flexibility index (Phi) is 7.49. The summed E-state index contributed by atoms with van der Waals surface area (Å²) in [4.78, 5) is 41.8. The summed E-state index contributed by atoms with van der Waals surface area (Å²) in [5, 5.41) is 3.11. The molecule has 2 rings (SSSR count). The van der Waals surface area contributed by atoms with Crippen molar-refractivity contribution in [2.75, 3.05) is 19.8 Å². The van der Waals surface area contributed by atoms with E-state index in [1.807, 2.05) is 13.8 Å². The number of thiophene rings is 1. The molecule has 2 heterocycles. The van der Waals surface area contributed by atoms with E-state index < -0.39 is 5.97 Å². The second-order valence-corrected chi connectivity index (χ2v) is 7.26. The number of fused-ring (bicyclic) bond motifs is 1. The molecule has 0 spiro atoms. The van der Waals surface area contributed by atoms with Gasteiger partial charge in [0.1, 0.15) is 16.3 Å². The molecule has 27 heavy (non-hydrogen) atoms. The lowest BCUT2D eigenvalue weighted by Gasteiger charge is -2.09. The first kappa shape index (κ1) is 21.0. The Morgan fingerprint density at radius 3 is 2.78 bits per heavy atom. The van der Waals surface area contributed by atoms with Crippen molar-refractivity contribution in [1.82, 2.24) is 14.9 Å². The highest BCUT2D eigenvalue weighted by Gasteiger charge is 2.20. The summed E-state index contributed by atoms with van der Waals surface area (Å²) in [7, 11) is 0. The van der Waals surface area contributed by atoms with Crippen LogP contribution in [0.5, 0.6) is 0 Å². The highest BCUT2D eigenvalue weighted by Crippen LogP contribution is 2.27. The minimum absolute atomic E-state index is 0.128. The van der Waals surface area contributed by atoms with Crippen LogP contribution in [-0.4, -0.2) is 47.3 Å². The number of amides is 1. The van der Waals surface area contributed by atoms with Crippen LogP contribution in [0.4, 0.5) is 0 Å². The zero-order valence-corrected chi connectivity index (χ0v) is 16.9. The molecule has 0 unspecified atom stereocenters. The van der Waals surface area contributed by atoms with E-state index in [4.69, 9.17) is 9.47 Å². The Bertz CT molecular complexity index is 872. The fourth-order valence-corrected chi connectivity index (χ4v) is 3.53. The molecule has 0 aromatic carbocycles. The Labute approximate surface area is 161 Å². The number of hydrogen-bond donors (Lipinski definition) is 1. The first-order valence-corrected chi connectivity index (χ1v) is 9.70. The molecule has 1 N–H and O–H groups in total. The van der Waals surface area contributed by atoms with Crippen LogP contribution in [0.3, 0.4) is 0 Å². The second-order valence-electron chi connectivity index (χ2n) is 6.26. The molecule has 0 atom stereocenters. The number of carbonyl (C=O) groups excluding carboxylic acids is 2. The van der Waals surface area contributed by atoms with Gasteiger partial charge in [-0.2, -0.15) is 0 Å². The summed E-state index contributed by atoms with van der Waals surface area (Å²) in [6.07, 6.45) is 2.19. The third-order valence-corrected chi connectivity index (χ3v) is 4.97. The first-order valence-electron chi connectivity index (χ1n) is 8.89. The van der Waals surface area contributed by atoms with Gasteiger partial charge in [-0.05, 0) is 39.7 Å². The molecule has 9 heteroatoms. The molecule has 148 valence electrons. The SMILES string of the molecule is CCOC(=O)c1sc2ncn(CC(=O)NCCCOC(C)C)c(=O)c2c1C. The number of nitrogens with one attached hydrogen (secondary N) is 1. The van der Waals surface area contributed by atoms with Gasteiger partial charge >= 0.3 is 5.97 Å². The fourth-order valence-electron chi connectivity index (χ4n) is 2.49. The van der Waals surface area contributed by atoms with E-state index in [1.54, 1.807) is 13.8 Å². The maximum Gasteiger partial charge on any atom is 0.348 e. The van der Waals surface area contributed by atoms with Gasteiger partial charge in [0, 0.05) is 13.2 Å². The number of ether oxygens (including phenoxy) is 2. The number of aryl methyl sites for hydroxylation is 1. The molecule has 2 aromatic rings. The summed E-state index contributed by atoms with van der Waals surface area (Å²) >= 11 is 1.12. The van der Waals surface area contributed by atoms with Gasteiger partial charge in [-0.3, -0.25) is 14.2 Å². The average Bonchev–Trinajstić information content (AvgIpc) is 2.94. The van der Waals surface area contributed by atoms with Crippen molar-refractivity contribution < 1.29 is 19.1 Å². The monoisotopic (exact) mass is 395 g/mol. The Balaban J connectivity index is 2.08. The maximum absolute atomic E-state index is 12.7. The molecule has 8 nitrogen and oxygen atoms in total. The Hall–Kier alpha value is -2.26. The van der Waals surface area contributed by atoms with Crippen molar-refractivity contribution in [2.24, 2.45) is 0 Å². The number of nitrogens with zero attached hydrogens (tertiary/aromatic N) is 2. The number of esters is 1. The molecule has 0 saturated heterocycles. The molecule has 0 aliphatic carbocycles.